The van der Waals surface area contributed by atoms with Gasteiger partial charge in [0.05, 0.1) is 0 Å². The van der Waals surface area contributed by atoms with Crippen molar-refractivity contribution in [1.82, 2.24) is 0 Å². The van der Waals surface area contributed by atoms with E-state index in [-0.39, 0.29) is 0 Å². The summed E-state index contributed by atoms with van der Waals surface area (Å²) in [6, 6.07) is 169. The average Bonchev–Trinajstić information content (AvgIpc) is 0.670. The first-order valence-electron chi connectivity index (χ1n) is 43.3. The Labute approximate surface area is 725 Å². The molecule has 0 bridgehead atoms. The molecule has 0 nitrogen and oxygen atoms in total. The van der Waals surface area contributed by atoms with Crippen molar-refractivity contribution in [2.75, 3.05) is 0 Å². The summed E-state index contributed by atoms with van der Waals surface area (Å²) in [4.78, 5) is 0. The molecule has 582 valence electrons. The van der Waals surface area contributed by atoms with Crippen LogP contribution in [0.5, 0.6) is 0 Å². The van der Waals surface area contributed by atoms with Gasteiger partial charge in [-0.2, -0.15) is 0 Å². The molecule has 0 N–H and O–H groups in total. The third-order valence-electron chi connectivity index (χ3n) is 25.7. The lowest BCUT2D eigenvalue weighted by atomic mass is 9.73. The molecule has 0 heteroatoms. The first-order valence-corrected chi connectivity index (χ1v) is 43.3. The van der Waals surface area contributed by atoms with Gasteiger partial charge < -0.3 is 0 Å². The maximum atomic E-state index is 2.46. The molecule has 0 aromatic heterocycles. The van der Waals surface area contributed by atoms with Gasteiger partial charge in [-0.3, -0.25) is 0 Å². The first-order chi connectivity index (χ1) is 61.2. The quantitative estimate of drug-likeness (QED) is 0.0668. The van der Waals surface area contributed by atoms with Gasteiger partial charge in [-0.05, 0) is 284 Å². The molecule has 0 aliphatic rings. The highest BCUT2D eigenvalue weighted by Gasteiger charge is 2.33. The number of benzene rings is 22. The Kier molecular flexibility index (Phi) is 19.0. The lowest BCUT2D eigenvalue weighted by Gasteiger charge is -2.29. The van der Waals surface area contributed by atoms with E-state index in [1.165, 1.54) is 176 Å². The predicted molar refractivity (Wildman–Crippen MR) is 531 cm³/mol. The van der Waals surface area contributed by atoms with Crippen molar-refractivity contribution in [3.8, 4) is 178 Å². The summed E-state index contributed by atoms with van der Waals surface area (Å²) in [5, 5.41) is 12.2. The van der Waals surface area contributed by atoms with Gasteiger partial charge >= 0.3 is 0 Å². The highest BCUT2D eigenvalue weighted by atomic mass is 14.4. The molecule has 0 unspecified atom stereocenters. The second-order valence-electron chi connectivity index (χ2n) is 33.4. The second-order valence-corrected chi connectivity index (χ2v) is 33.4. The minimum Gasteiger partial charge on any atom is -0.0622 e. The summed E-state index contributed by atoms with van der Waals surface area (Å²) < 4.78 is 0. The van der Waals surface area contributed by atoms with Gasteiger partial charge in [0.15, 0.2) is 0 Å². The Balaban J connectivity index is 0.899. The fraction of sp³-hybridized carbons (Fsp3) is 0.0323. The molecular weight excluding hydrogens is 1490 g/mol. The molecule has 22 aromatic carbocycles. The van der Waals surface area contributed by atoms with Crippen LogP contribution in [0.4, 0.5) is 0 Å². The highest BCUT2D eigenvalue weighted by molar-refractivity contribution is 6.46. The van der Waals surface area contributed by atoms with Crippen LogP contribution in [0.3, 0.4) is 0 Å². The van der Waals surface area contributed by atoms with Crippen LogP contribution < -0.4 is 0 Å². The van der Waals surface area contributed by atoms with E-state index in [4.69, 9.17) is 0 Å². The Morgan fingerprint density at radius 2 is 0.266 bits per heavy atom. The summed E-state index contributed by atoms with van der Waals surface area (Å²) in [6.45, 7) is 8.83. The molecule has 0 aliphatic carbocycles. The normalized spacial score (nSPS) is 11.5. The molecule has 124 heavy (non-hydrogen) atoms. The molecule has 0 saturated carbocycles. The SMILES string of the molecule is Cc1ccc(-c2c(-c3ccc(C)cc3)c(-c3ccc(C)cc3)c3c4cccc5c6c(-c7ccccc7)c(-c7ccc(-c8cc(-c9ccccc9)c(-c9ccccc9)c(-c9ccccc9)c8)cc7)c(-c7ccc(-c8cc(-c9ccccc9)c(-c9ccccc9)c(-c9ccccc9)c8)cc7)c(-c7ccccc7)c6c6cccc(c3c2-c2ccc(C)cc2)c6c54)cc1. The molecule has 0 aliphatic heterocycles. The fourth-order valence-electron chi connectivity index (χ4n) is 19.9. The first kappa shape index (κ1) is 74.7. The van der Waals surface area contributed by atoms with Crippen LogP contribution in [-0.4, -0.2) is 0 Å². The molecule has 22 rings (SSSR count). The monoisotopic (exact) mass is 1570 g/mol. The summed E-state index contributed by atoms with van der Waals surface area (Å²) in [5.41, 5.74) is 42.2. The zero-order valence-corrected chi connectivity index (χ0v) is 69.7. The maximum absolute atomic E-state index is 2.46. The van der Waals surface area contributed by atoms with Crippen LogP contribution in [0.25, 0.3) is 232 Å². The van der Waals surface area contributed by atoms with Crippen LogP contribution in [-0.2, 0) is 0 Å². The van der Waals surface area contributed by atoms with Gasteiger partial charge in [0.1, 0.15) is 0 Å². The summed E-state index contributed by atoms with van der Waals surface area (Å²) in [6.07, 6.45) is 0. The van der Waals surface area contributed by atoms with Crippen LogP contribution in [0.2, 0.25) is 0 Å². The standard InChI is InChI=1S/C124H86/c1-79-51-59-93(60-52-79)111-112(94-61-53-80(2)54-62-94)118(96-65-57-82(4)58-66-96)124-104-50-30-48-102-120(104)119-101(47-29-49-103(119)123(124)117(111)95-63-55-81(3)56-64-95)121-115(91-43-25-11-26-44-91)113(97-71-67-83(68-72-97)99-75-105(85-31-13-5-14-32-85)109(89-39-21-9-22-40-89)106(76-99)86-33-15-6-16-34-86)114(116(122(102)121)92-45-27-12-28-46-92)98-73-69-84(70-74-98)100-77-107(87-35-17-7-18-36-87)110(90-41-23-10-24-42-90)108(78-100)88-37-19-8-20-38-88/h5-78H,1-4H3. The van der Waals surface area contributed by atoms with E-state index in [0.717, 1.165) is 77.9 Å². The summed E-state index contributed by atoms with van der Waals surface area (Å²) in [5.74, 6) is 0. The van der Waals surface area contributed by atoms with E-state index >= 15 is 0 Å². The second kappa shape index (κ2) is 31.5. The Bertz CT molecular complexity index is 7170. The smallest absolute Gasteiger partial charge is 0.000718 e. The van der Waals surface area contributed by atoms with Gasteiger partial charge in [-0.15, -0.1) is 0 Å². The van der Waals surface area contributed by atoms with Gasteiger partial charge in [-0.1, -0.05) is 447 Å². The topological polar surface area (TPSA) is 0 Å². The third-order valence-corrected chi connectivity index (χ3v) is 25.7. The number of aryl methyl sites for hydroxylation is 4. The summed E-state index contributed by atoms with van der Waals surface area (Å²) in [7, 11) is 0. The number of rotatable bonds is 16. The van der Waals surface area contributed by atoms with Gasteiger partial charge in [0.2, 0.25) is 0 Å². The van der Waals surface area contributed by atoms with Crippen LogP contribution >= 0.6 is 0 Å². The lowest BCUT2D eigenvalue weighted by Crippen LogP contribution is -2.02. The van der Waals surface area contributed by atoms with Crippen molar-refractivity contribution in [2.45, 2.75) is 27.7 Å². The van der Waals surface area contributed by atoms with E-state index in [1.54, 1.807) is 0 Å². The van der Waals surface area contributed by atoms with E-state index in [1.807, 2.05) is 0 Å². The molecule has 0 heterocycles. The van der Waals surface area contributed by atoms with Crippen molar-refractivity contribution in [3.05, 3.63) is 471 Å². The Morgan fingerprint density at radius 3 is 0.476 bits per heavy atom. The molecule has 22 aromatic rings. The van der Waals surface area contributed by atoms with Crippen molar-refractivity contribution in [3.63, 3.8) is 0 Å². The number of hydrogen-bond acceptors (Lipinski definition) is 0. The highest BCUT2D eigenvalue weighted by Crippen LogP contribution is 2.61. The third kappa shape index (κ3) is 13.1. The molecular formula is C124H86. The number of hydrogen-bond donors (Lipinski definition) is 0. The van der Waals surface area contributed by atoms with Crippen molar-refractivity contribution in [1.29, 1.82) is 0 Å². The Hall–Kier alpha value is -15.6. The molecule has 0 saturated heterocycles. The predicted octanol–water partition coefficient (Wildman–Crippen LogP) is 34.8. The van der Waals surface area contributed by atoms with Crippen LogP contribution in [0.15, 0.2) is 449 Å². The van der Waals surface area contributed by atoms with E-state index in [2.05, 4.69) is 477 Å². The van der Waals surface area contributed by atoms with Crippen molar-refractivity contribution >= 4 is 53.9 Å². The average molecular weight is 1580 g/mol. The maximum Gasteiger partial charge on any atom is -0.000718 e. The molecule has 0 amide bonds. The van der Waals surface area contributed by atoms with Gasteiger partial charge in [0, 0.05) is 0 Å². The Morgan fingerprint density at radius 1 is 0.105 bits per heavy atom. The zero-order chi connectivity index (χ0) is 82.9. The number of fused-ring (bicyclic) bond motifs is 6. The molecule has 0 fully saturated rings. The van der Waals surface area contributed by atoms with Crippen LogP contribution in [0.1, 0.15) is 22.3 Å². The fourth-order valence-corrected chi connectivity index (χ4v) is 19.9. The van der Waals surface area contributed by atoms with E-state index in [0.29, 0.717) is 0 Å². The van der Waals surface area contributed by atoms with Gasteiger partial charge in [-0.25, -0.2) is 0 Å². The van der Waals surface area contributed by atoms with E-state index in [9.17, 15) is 0 Å². The lowest BCUT2D eigenvalue weighted by molar-refractivity contribution is 1.45. The molecule has 0 spiro atoms. The van der Waals surface area contributed by atoms with Crippen molar-refractivity contribution < 1.29 is 0 Å². The van der Waals surface area contributed by atoms with Crippen molar-refractivity contribution in [2.24, 2.45) is 0 Å². The van der Waals surface area contributed by atoms with Crippen LogP contribution in [0, 0.1) is 27.7 Å². The van der Waals surface area contributed by atoms with Gasteiger partial charge in [0.25, 0.3) is 0 Å². The molecule has 0 atom stereocenters. The largest absolute Gasteiger partial charge is 0.0622 e. The zero-order valence-electron chi connectivity index (χ0n) is 69.7. The minimum absolute atomic E-state index is 1.11. The summed E-state index contributed by atoms with van der Waals surface area (Å²) >= 11 is 0. The van der Waals surface area contributed by atoms with E-state index < -0.39 is 0 Å². The molecule has 0 radical (unpaired) electrons. The minimum atomic E-state index is 1.11.